The van der Waals surface area contributed by atoms with E-state index in [9.17, 15) is 32.5 Å². The normalized spacial score (nSPS) is 10.9. The number of amides is 1. The fourth-order valence-corrected chi connectivity index (χ4v) is 2.54. The fourth-order valence-electron chi connectivity index (χ4n) is 2.54. The number of benzene rings is 1. The molecule has 0 bridgehead atoms. The standard InChI is InChI=1S/C16H12F4N6O3/c1-8-13(26(28)29)6-25(23-8)7-14(27)22-9-3-21-24(4-9)5-10-11(17)2-12(18)16(20)15(10)19/h2-4,6H,5,7H2,1H3,(H,22,27). The van der Waals surface area contributed by atoms with Crippen molar-refractivity contribution in [2.75, 3.05) is 5.32 Å². The minimum absolute atomic E-state index is 0.145. The Kier molecular flexibility index (Phi) is 5.30. The molecule has 2 aromatic heterocycles. The first-order chi connectivity index (χ1) is 13.7. The van der Waals surface area contributed by atoms with Crippen LogP contribution in [0.25, 0.3) is 0 Å². The Balaban J connectivity index is 1.68. The third-order valence-corrected chi connectivity index (χ3v) is 3.87. The number of rotatable bonds is 6. The summed E-state index contributed by atoms with van der Waals surface area (Å²) < 4.78 is 55.8. The molecule has 0 atom stereocenters. The van der Waals surface area contributed by atoms with Crippen molar-refractivity contribution in [3.05, 3.63) is 69.3 Å². The summed E-state index contributed by atoms with van der Waals surface area (Å²) in [4.78, 5) is 22.2. The molecular formula is C16H12F4N6O3. The first-order valence-electron chi connectivity index (χ1n) is 7.98. The van der Waals surface area contributed by atoms with Gasteiger partial charge in [0.15, 0.2) is 17.5 Å². The van der Waals surface area contributed by atoms with Gasteiger partial charge in [-0.05, 0) is 6.92 Å². The van der Waals surface area contributed by atoms with Crippen LogP contribution in [-0.2, 0) is 17.9 Å². The van der Waals surface area contributed by atoms with Gasteiger partial charge >= 0.3 is 5.69 Å². The lowest BCUT2D eigenvalue weighted by Crippen LogP contribution is -2.18. The highest BCUT2D eigenvalue weighted by atomic mass is 19.2. The Bertz CT molecular complexity index is 1110. The van der Waals surface area contributed by atoms with Crippen LogP contribution in [0, 0.1) is 40.3 Å². The van der Waals surface area contributed by atoms with E-state index in [1.165, 1.54) is 19.3 Å². The quantitative estimate of drug-likeness (QED) is 0.220. The number of carbonyl (C=O) groups excluding carboxylic acids is 1. The van der Waals surface area contributed by atoms with Crippen molar-refractivity contribution in [3.8, 4) is 0 Å². The van der Waals surface area contributed by atoms with Gasteiger partial charge in [-0.2, -0.15) is 10.2 Å². The molecule has 0 aliphatic carbocycles. The first-order valence-corrected chi connectivity index (χ1v) is 7.98. The summed E-state index contributed by atoms with van der Waals surface area (Å²) in [5.74, 6) is -6.98. The zero-order valence-electron chi connectivity index (χ0n) is 14.7. The molecule has 2 heterocycles. The summed E-state index contributed by atoms with van der Waals surface area (Å²) in [7, 11) is 0. The van der Waals surface area contributed by atoms with Gasteiger partial charge in [0, 0.05) is 17.8 Å². The van der Waals surface area contributed by atoms with E-state index < -0.39 is 46.2 Å². The number of halogens is 4. The zero-order chi connectivity index (χ0) is 21.3. The lowest BCUT2D eigenvalue weighted by molar-refractivity contribution is -0.385. The maximum absolute atomic E-state index is 13.7. The highest BCUT2D eigenvalue weighted by molar-refractivity contribution is 5.90. The highest BCUT2D eigenvalue weighted by Crippen LogP contribution is 2.20. The maximum atomic E-state index is 13.7. The molecule has 29 heavy (non-hydrogen) atoms. The van der Waals surface area contributed by atoms with Crippen molar-refractivity contribution >= 4 is 17.3 Å². The Labute approximate surface area is 159 Å². The molecule has 0 saturated carbocycles. The second kappa shape index (κ2) is 7.69. The molecule has 0 fully saturated rings. The molecule has 3 aromatic rings. The van der Waals surface area contributed by atoms with E-state index in [0.717, 1.165) is 15.6 Å². The molecular weight excluding hydrogens is 400 g/mol. The lowest BCUT2D eigenvalue weighted by Gasteiger charge is -2.07. The number of aryl methyl sites for hydroxylation is 1. The number of hydrogen-bond acceptors (Lipinski definition) is 5. The molecule has 13 heteroatoms. The third-order valence-electron chi connectivity index (χ3n) is 3.87. The van der Waals surface area contributed by atoms with E-state index in [-0.39, 0.29) is 29.7 Å². The minimum atomic E-state index is -1.80. The van der Waals surface area contributed by atoms with Gasteiger partial charge in [0.05, 0.1) is 23.4 Å². The van der Waals surface area contributed by atoms with E-state index in [1.807, 2.05) is 0 Å². The summed E-state index contributed by atoms with van der Waals surface area (Å²) in [5, 5.41) is 20.9. The van der Waals surface area contributed by atoms with E-state index in [1.54, 1.807) is 0 Å². The van der Waals surface area contributed by atoms with Crippen LogP contribution < -0.4 is 5.32 Å². The van der Waals surface area contributed by atoms with Crippen LogP contribution in [0.2, 0.25) is 0 Å². The first kappa shape index (κ1) is 20.0. The number of hydrogen-bond donors (Lipinski definition) is 1. The average Bonchev–Trinajstić information content (AvgIpc) is 3.23. The van der Waals surface area contributed by atoms with Gasteiger partial charge in [-0.15, -0.1) is 0 Å². The van der Waals surface area contributed by atoms with Gasteiger partial charge in [-0.1, -0.05) is 0 Å². The SMILES string of the molecule is Cc1nn(CC(=O)Nc2cnn(Cc3c(F)cc(F)c(F)c3F)c2)cc1[N+](=O)[O-]. The van der Waals surface area contributed by atoms with Gasteiger partial charge in [-0.25, -0.2) is 17.6 Å². The largest absolute Gasteiger partial charge is 0.322 e. The minimum Gasteiger partial charge on any atom is -0.322 e. The van der Waals surface area contributed by atoms with Gasteiger partial charge < -0.3 is 5.32 Å². The van der Waals surface area contributed by atoms with Gasteiger partial charge in [0.25, 0.3) is 0 Å². The number of anilines is 1. The van der Waals surface area contributed by atoms with Crippen LogP contribution >= 0.6 is 0 Å². The monoisotopic (exact) mass is 412 g/mol. The molecule has 0 unspecified atom stereocenters. The molecule has 0 radical (unpaired) electrons. The Morgan fingerprint density at radius 1 is 1.17 bits per heavy atom. The maximum Gasteiger partial charge on any atom is 0.309 e. The van der Waals surface area contributed by atoms with E-state index in [0.29, 0.717) is 0 Å². The topological polar surface area (TPSA) is 108 Å². The van der Waals surface area contributed by atoms with Gasteiger partial charge in [0.2, 0.25) is 5.91 Å². The molecule has 9 nitrogen and oxygen atoms in total. The molecule has 3 rings (SSSR count). The van der Waals surface area contributed by atoms with Crippen LogP contribution in [0.3, 0.4) is 0 Å². The van der Waals surface area contributed by atoms with Crippen LogP contribution in [0.1, 0.15) is 11.3 Å². The van der Waals surface area contributed by atoms with Crippen LogP contribution in [0.4, 0.5) is 28.9 Å². The summed E-state index contributed by atoms with van der Waals surface area (Å²) in [6.45, 7) is 0.550. The number of nitrogens with one attached hydrogen (secondary N) is 1. The third kappa shape index (κ3) is 4.23. The highest BCUT2D eigenvalue weighted by Gasteiger charge is 2.20. The second-order valence-electron chi connectivity index (χ2n) is 5.98. The lowest BCUT2D eigenvalue weighted by atomic mass is 10.2. The Morgan fingerprint density at radius 2 is 1.90 bits per heavy atom. The number of carbonyl (C=O) groups is 1. The summed E-state index contributed by atoms with van der Waals surface area (Å²) in [6.07, 6.45) is 3.49. The number of nitrogens with zero attached hydrogens (tertiary/aromatic N) is 5. The Hall–Kier alpha value is -3.77. The van der Waals surface area contributed by atoms with Crippen LogP contribution in [-0.4, -0.2) is 30.4 Å². The molecule has 1 aromatic carbocycles. The molecule has 0 aliphatic rings. The Morgan fingerprint density at radius 3 is 2.55 bits per heavy atom. The van der Waals surface area contributed by atoms with E-state index >= 15 is 0 Å². The van der Waals surface area contributed by atoms with Crippen molar-refractivity contribution in [2.24, 2.45) is 0 Å². The average molecular weight is 412 g/mol. The predicted molar refractivity (Wildman–Crippen MR) is 89.9 cm³/mol. The van der Waals surface area contributed by atoms with E-state index in [2.05, 4.69) is 15.5 Å². The molecule has 152 valence electrons. The second-order valence-corrected chi connectivity index (χ2v) is 5.98. The van der Waals surface area contributed by atoms with Crippen LogP contribution in [0.15, 0.2) is 24.7 Å². The van der Waals surface area contributed by atoms with Crippen molar-refractivity contribution in [1.82, 2.24) is 19.6 Å². The zero-order valence-corrected chi connectivity index (χ0v) is 14.7. The summed E-state index contributed by atoms with van der Waals surface area (Å²) >= 11 is 0. The van der Waals surface area contributed by atoms with Crippen molar-refractivity contribution in [1.29, 1.82) is 0 Å². The van der Waals surface area contributed by atoms with Crippen LogP contribution in [0.5, 0.6) is 0 Å². The van der Waals surface area contributed by atoms with Crippen molar-refractivity contribution in [2.45, 2.75) is 20.0 Å². The molecule has 0 spiro atoms. The van der Waals surface area contributed by atoms with Crippen molar-refractivity contribution in [3.63, 3.8) is 0 Å². The molecule has 0 aliphatic heterocycles. The summed E-state index contributed by atoms with van der Waals surface area (Å²) in [6, 6.07) is 0.227. The number of nitro groups is 1. The summed E-state index contributed by atoms with van der Waals surface area (Å²) in [5.41, 5.74) is -0.673. The van der Waals surface area contributed by atoms with Crippen molar-refractivity contribution < 1.29 is 27.3 Å². The molecule has 0 saturated heterocycles. The smallest absolute Gasteiger partial charge is 0.309 e. The number of aromatic nitrogens is 4. The van der Waals surface area contributed by atoms with Gasteiger partial charge in [-0.3, -0.25) is 24.3 Å². The van der Waals surface area contributed by atoms with E-state index in [4.69, 9.17) is 0 Å². The molecule has 1 N–H and O–H groups in total. The van der Waals surface area contributed by atoms with Gasteiger partial charge in [0.1, 0.15) is 24.3 Å². The fraction of sp³-hybridized carbons (Fsp3) is 0.188. The predicted octanol–water partition coefficient (Wildman–Crippen LogP) is 2.54. The molecule has 1 amide bonds.